The van der Waals surface area contributed by atoms with Gasteiger partial charge in [-0.3, -0.25) is 19.6 Å². The molecule has 3 rings (SSSR count). The van der Waals surface area contributed by atoms with Crippen molar-refractivity contribution in [2.24, 2.45) is 0 Å². The van der Waals surface area contributed by atoms with Crippen LogP contribution in [-0.4, -0.2) is 40.3 Å². The Hall–Kier alpha value is -3.74. The van der Waals surface area contributed by atoms with Crippen molar-refractivity contribution in [1.29, 1.82) is 0 Å². The number of pyridine rings is 2. The first-order valence-corrected chi connectivity index (χ1v) is 9.26. The predicted octanol–water partition coefficient (Wildman–Crippen LogP) is 3.49. The van der Waals surface area contributed by atoms with Crippen molar-refractivity contribution in [2.75, 3.05) is 24.2 Å². The molecular weight excluding hydrogens is 366 g/mol. The average molecular weight is 389 g/mol. The number of benzene rings is 1. The van der Waals surface area contributed by atoms with Crippen LogP contribution in [0.3, 0.4) is 0 Å². The number of anilines is 3. The number of aromatic nitrogens is 2. The molecule has 2 N–H and O–H groups in total. The van der Waals surface area contributed by atoms with Crippen LogP contribution in [0.5, 0.6) is 0 Å². The first-order valence-electron chi connectivity index (χ1n) is 9.26. The fourth-order valence-electron chi connectivity index (χ4n) is 2.81. The van der Waals surface area contributed by atoms with Crippen LogP contribution in [-0.2, 0) is 11.2 Å². The molecule has 1 aromatic carbocycles. The number of nitrogens with zero attached hydrogens (tertiary/aromatic N) is 3. The van der Waals surface area contributed by atoms with Gasteiger partial charge >= 0.3 is 0 Å². The number of carbonyl (C=O) groups is 2. The molecule has 0 saturated heterocycles. The van der Waals surface area contributed by atoms with Crippen LogP contribution in [0, 0.1) is 0 Å². The minimum absolute atomic E-state index is 0.131. The quantitative estimate of drug-likeness (QED) is 0.646. The Bertz CT molecular complexity index is 991. The molecular formula is C22H23N5O2. The van der Waals surface area contributed by atoms with E-state index in [4.69, 9.17) is 0 Å². The lowest BCUT2D eigenvalue weighted by molar-refractivity contribution is -0.114. The SMILES string of the molecule is CC(=O)Nc1cccc(Nc2ccnc(C(=O)N(C)CCc3ccncc3)c2)c1. The molecule has 0 unspecified atom stereocenters. The zero-order valence-electron chi connectivity index (χ0n) is 16.4. The highest BCUT2D eigenvalue weighted by molar-refractivity contribution is 5.93. The van der Waals surface area contributed by atoms with Crippen molar-refractivity contribution < 1.29 is 9.59 Å². The molecule has 29 heavy (non-hydrogen) atoms. The normalized spacial score (nSPS) is 10.3. The molecule has 0 atom stereocenters. The van der Waals surface area contributed by atoms with Crippen molar-refractivity contribution in [3.05, 3.63) is 78.4 Å². The summed E-state index contributed by atoms with van der Waals surface area (Å²) in [6.45, 7) is 2.05. The van der Waals surface area contributed by atoms with Gasteiger partial charge in [0.25, 0.3) is 5.91 Å². The Labute approximate surface area is 169 Å². The smallest absolute Gasteiger partial charge is 0.272 e. The van der Waals surface area contributed by atoms with Crippen LogP contribution >= 0.6 is 0 Å². The first-order chi connectivity index (χ1) is 14.0. The van der Waals surface area contributed by atoms with Crippen LogP contribution in [0.4, 0.5) is 17.1 Å². The average Bonchev–Trinajstić information content (AvgIpc) is 2.72. The summed E-state index contributed by atoms with van der Waals surface area (Å²) in [6.07, 6.45) is 5.84. The van der Waals surface area contributed by atoms with Crippen LogP contribution in [0.2, 0.25) is 0 Å². The molecule has 3 aromatic rings. The van der Waals surface area contributed by atoms with Crippen LogP contribution < -0.4 is 10.6 Å². The van der Waals surface area contributed by atoms with Gasteiger partial charge in [0.15, 0.2) is 0 Å². The zero-order valence-corrected chi connectivity index (χ0v) is 16.4. The van der Waals surface area contributed by atoms with E-state index < -0.39 is 0 Å². The lowest BCUT2D eigenvalue weighted by Gasteiger charge is -2.17. The van der Waals surface area contributed by atoms with E-state index in [0.717, 1.165) is 23.4 Å². The highest BCUT2D eigenvalue weighted by atomic mass is 16.2. The first kappa shape index (κ1) is 20.0. The molecule has 7 nitrogen and oxygen atoms in total. The van der Waals surface area contributed by atoms with Crippen LogP contribution in [0.1, 0.15) is 23.0 Å². The molecule has 0 spiro atoms. The summed E-state index contributed by atoms with van der Waals surface area (Å²) in [4.78, 5) is 33.8. The molecule has 7 heteroatoms. The van der Waals surface area contributed by atoms with E-state index in [2.05, 4.69) is 20.6 Å². The second kappa shape index (κ2) is 9.45. The van der Waals surface area contributed by atoms with Crippen LogP contribution in [0.15, 0.2) is 67.1 Å². The van der Waals surface area contributed by atoms with Crippen molar-refractivity contribution in [2.45, 2.75) is 13.3 Å². The Morgan fingerprint density at radius 1 is 0.966 bits per heavy atom. The van der Waals surface area contributed by atoms with E-state index in [0.29, 0.717) is 17.9 Å². The number of rotatable bonds is 7. The van der Waals surface area contributed by atoms with Crippen molar-refractivity contribution >= 4 is 28.9 Å². The Morgan fingerprint density at radius 3 is 2.45 bits per heavy atom. The standard InChI is InChI=1S/C22H23N5O2/c1-16(28)25-18-4-3-5-19(14-18)26-20-8-12-24-21(15-20)22(29)27(2)13-9-17-6-10-23-11-7-17/h3-8,10-12,14-15H,9,13H2,1-2H3,(H,24,26)(H,25,28). The summed E-state index contributed by atoms with van der Waals surface area (Å²) >= 11 is 0. The Balaban J connectivity index is 1.65. The number of nitrogens with one attached hydrogen (secondary N) is 2. The molecule has 2 heterocycles. The monoisotopic (exact) mass is 389 g/mol. The molecule has 0 aliphatic heterocycles. The number of likely N-dealkylation sites (N-methyl/N-ethyl adjacent to an activating group) is 1. The molecule has 0 saturated carbocycles. The van der Waals surface area contributed by atoms with E-state index >= 15 is 0 Å². The number of hydrogen-bond acceptors (Lipinski definition) is 5. The molecule has 0 aliphatic rings. The van der Waals surface area contributed by atoms with Gasteiger partial charge in [-0.1, -0.05) is 6.07 Å². The van der Waals surface area contributed by atoms with Gasteiger partial charge in [0.05, 0.1) is 0 Å². The van der Waals surface area contributed by atoms with Crippen LogP contribution in [0.25, 0.3) is 0 Å². The topological polar surface area (TPSA) is 87.2 Å². The van der Waals surface area contributed by atoms with Gasteiger partial charge in [0.1, 0.15) is 5.69 Å². The molecule has 0 aliphatic carbocycles. The minimum Gasteiger partial charge on any atom is -0.355 e. The summed E-state index contributed by atoms with van der Waals surface area (Å²) in [7, 11) is 1.77. The highest BCUT2D eigenvalue weighted by Gasteiger charge is 2.13. The fourth-order valence-corrected chi connectivity index (χ4v) is 2.81. The van der Waals surface area contributed by atoms with Crippen molar-refractivity contribution in [3.63, 3.8) is 0 Å². The second-order valence-electron chi connectivity index (χ2n) is 6.65. The van der Waals surface area contributed by atoms with Gasteiger partial charge in [0, 0.05) is 56.2 Å². The second-order valence-corrected chi connectivity index (χ2v) is 6.65. The van der Waals surface area contributed by atoms with Gasteiger partial charge in [0.2, 0.25) is 5.91 Å². The maximum absolute atomic E-state index is 12.7. The van der Waals surface area contributed by atoms with Gasteiger partial charge in [-0.2, -0.15) is 0 Å². The zero-order chi connectivity index (χ0) is 20.6. The van der Waals surface area contributed by atoms with E-state index in [1.54, 1.807) is 42.7 Å². The van der Waals surface area contributed by atoms with E-state index in [9.17, 15) is 9.59 Å². The third-order valence-corrected chi connectivity index (χ3v) is 4.28. The van der Waals surface area contributed by atoms with Gasteiger partial charge in [-0.15, -0.1) is 0 Å². The van der Waals surface area contributed by atoms with E-state index in [-0.39, 0.29) is 11.8 Å². The molecule has 0 radical (unpaired) electrons. The lowest BCUT2D eigenvalue weighted by atomic mass is 10.2. The fraction of sp³-hybridized carbons (Fsp3) is 0.182. The maximum atomic E-state index is 12.7. The molecule has 0 bridgehead atoms. The molecule has 0 fully saturated rings. The summed E-state index contributed by atoms with van der Waals surface area (Å²) in [5.74, 6) is -0.275. The largest absolute Gasteiger partial charge is 0.355 e. The summed E-state index contributed by atoms with van der Waals surface area (Å²) in [5.41, 5.74) is 3.73. The van der Waals surface area contributed by atoms with Crippen molar-refractivity contribution in [1.82, 2.24) is 14.9 Å². The van der Waals surface area contributed by atoms with Crippen molar-refractivity contribution in [3.8, 4) is 0 Å². The Morgan fingerprint density at radius 2 is 1.69 bits per heavy atom. The maximum Gasteiger partial charge on any atom is 0.272 e. The summed E-state index contributed by atoms with van der Waals surface area (Å²) < 4.78 is 0. The lowest BCUT2D eigenvalue weighted by Crippen LogP contribution is -2.29. The third-order valence-electron chi connectivity index (χ3n) is 4.28. The van der Waals surface area contributed by atoms with E-state index in [1.807, 2.05) is 36.4 Å². The highest BCUT2D eigenvalue weighted by Crippen LogP contribution is 2.20. The third kappa shape index (κ3) is 5.87. The van der Waals surface area contributed by atoms with E-state index in [1.165, 1.54) is 6.92 Å². The number of carbonyl (C=O) groups excluding carboxylic acids is 2. The Kier molecular flexibility index (Phi) is 6.52. The predicted molar refractivity (Wildman–Crippen MR) is 113 cm³/mol. The molecule has 2 aromatic heterocycles. The molecule has 2 amide bonds. The minimum atomic E-state index is -0.144. The van der Waals surface area contributed by atoms with Gasteiger partial charge in [-0.05, 0) is 54.4 Å². The number of hydrogen-bond donors (Lipinski definition) is 2. The summed E-state index contributed by atoms with van der Waals surface area (Å²) in [5, 5.41) is 5.99. The molecule has 148 valence electrons. The summed E-state index contributed by atoms with van der Waals surface area (Å²) in [6, 6.07) is 14.7. The van der Waals surface area contributed by atoms with Gasteiger partial charge in [-0.25, -0.2) is 0 Å². The van der Waals surface area contributed by atoms with Gasteiger partial charge < -0.3 is 15.5 Å². The number of amides is 2.